The third-order valence-electron chi connectivity index (χ3n) is 4.65. The maximum absolute atomic E-state index is 5.49. The first-order valence-corrected chi connectivity index (χ1v) is 9.85. The minimum Gasteiger partial charge on any atom is -0.494 e. The van der Waals surface area contributed by atoms with Gasteiger partial charge in [-0.2, -0.15) is 0 Å². The molecule has 0 aliphatic heterocycles. The Morgan fingerprint density at radius 2 is 1.79 bits per heavy atom. The summed E-state index contributed by atoms with van der Waals surface area (Å²) in [4.78, 5) is 12.3. The van der Waals surface area contributed by atoms with Crippen molar-refractivity contribution in [3.8, 4) is 5.75 Å². The molecule has 0 unspecified atom stereocenters. The van der Waals surface area contributed by atoms with Gasteiger partial charge in [-0.15, -0.1) is 0 Å². The first kappa shape index (κ1) is 18.8. The molecule has 0 fully saturated rings. The lowest BCUT2D eigenvalue weighted by Crippen LogP contribution is -2.08. The Balaban J connectivity index is 1.40. The predicted octanol–water partition coefficient (Wildman–Crippen LogP) is 5.06. The van der Waals surface area contributed by atoms with E-state index in [9.17, 15) is 0 Å². The standard InChI is InChI=1S/C23H25N5O/c1-3-29-19-10-8-18(9-11-19)28-23-14-22(26-16(2)27-23)24-13-12-17-15-25-21-7-5-4-6-20(17)21/h4-11,14-15,25H,3,12-13H2,1-2H3,(H2,24,26,27,28). The van der Waals surface area contributed by atoms with Crippen molar-refractivity contribution in [1.82, 2.24) is 15.0 Å². The van der Waals surface area contributed by atoms with E-state index in [4.69, 9.17) is 4.74 Å². The van der Waals surface area contributed by atoms with Crippen LogP contribution >= 0.6 is 0 Å². The molecule has 4 aromatic rings. The van der Waals surface area contributed by atoms with Gasteiger partial charge in [-0.3, -0.25) is 0 Å². The van der Waals surface area contributed by atoms with Crippen LogP contribution in [0.5, 0.6) is 5.75 Å². The van der Waals surface area contributed by atoms with E-state index in [1.54, 1.807) is 0 Å². The van der Waals surface area contributed by atoms with E-state index in [1.165, 1.54) is 16.5 Å². The van der Waals surface area contributed by atoms with Crippen LogP contribution in [0.25, 0.3) is 10.9 Å². The van der Waals surface area contributed by atoms with Crippen LogP contribution in [0.15, 0.2) is 60.8 Å². The fourth-order valence-corrected chi connectivity index (χ4v) is 3.34. The predicted molar refractivity (Wildman–Crippen MR) is 118 cm³/mol. The van der Waals surface area contributed by atoms with Gasteiger partial charge in [0.05, 0.1) is 6.61 Å². The van der Waals surface area contributed by atoms with Gasteiger partial charge in [-0.25, -0.2) is 9.97 Å². The van der Waals surface area contributed by atoms with E-state index in [0.29, 0.717) is 6.61 Å². The number of para-hydroxylation sites is 1. The molecule has 3 N–H and O–H groups in total. The Morgan fingerprint density at radius 1 is 1.00 bits per heavy atom. The quantitative estimate of drug-likeness (QED) is 0.394. The van der Waals surface area contributed by atoms with Gasteiger partial charge in [0.2, 0.25) is 0 Å². The fraction of sp³-hybridized carbons (Fsp3) is 0.217. The van der Waals surface area contributed by atoms with E-state index >= 15 is 0 Å². The van der Waals surface area contributed by atoms with Gasteiger partial charge in [-0.1, -0.05) is 18.2 Å². The Bertz CT molecular complexity index is 1090. The van der Waals surface area contributed by atoms with E-state index < -0.39 is 0 Å². The van der Waals surface area contributed by atoms with Crippen molar-refractivity contribution in [2.45, 2.75) is 20.3 Å². The Morgan fingerprint density at radius 3 is 2.62 bits per heavy atom. The number of anilines is 3. The maximum atomic E-state index is 5.49. The number of aryl methyl sites for hydroxylation is 1. The van der Waals surface area contributed by atoms with Crippen molar-refractivity contribution in [1.29, 1.82) is 0 Å². The van der Waals surface area contributed by atoms with Crippen LogP contribution in [0.2, 0.25) is 0 Å². The number of hydrogen-bond acceptors (Lipinski definition) is 5. The molecule has 4 rings (SSSR count). The van der Waals surface area contributed by atoms with Crippen LogP contribution in [0.1, 0.15) is 18.3 Å². The summed E-state index contributed by atoms with van der Waals surface area (Å²) in [7, 11) is 0. The summed E-state index contributed by atoms with van der Waals surface area (Å²) in [5, 5.41) is 8.02. The Labute approximate surface area is 170 Å². The zero-order valence-electron chi connectivity index (χ0n) is 16.7. The molecular formula is C23H25N5O. The summed E-state index contributed by atoms with van der Waals surface area (Å²) in [6, 6.07) is 18.1. The normalized spacial score (nSPS) is 10.8. The van der Waals surface area contributed by atoms with Gasteiger partial charge in [0, 0.05) is 35.4 Å². The lowest BCUT2D eigenvalue weighted by Gasteiger charge is -2.11. The van der Waals surface area contributed by atoms with E-state index in [1.807, 2.05) is 50.2 Å². The Kier molecular flexibility index (Phi) is 5.61. The van der Waals surface area contributed by atoms with E-state index in [0.717, 1.165) is 41.9 Å². The topological polar surface area (TPSA) is 74.9 Å². The Hall–Kier alpha value is -3.54. The highest BCUT2D eigenvalue weighted by atomic mass is 16.5. The number of rotatable bonds is 8. The number of aromatic amines is 1. The van der Waals surface area contributed by atoms with Crippen molar-refractivity contribution in [2.75, 3.05) is 23.8 Å². The second kappa shape index (κ2) is 8.65. The second-order valence-corrected chi connectivity index (χ2v) is 6.80. The lowest BCUT2D eigenvalue weighted by molar-refractivity contribution is 0.340. The number of nitrogens with one attached hydrogen (secondary N) is 3. The number of ether oxygens (including phenoxy) is 1. The number of hydrogen-bond donors (Lipinski definition) is 3. The minimum atomic E-state index is 0.658. The molecule has 0 bridgehead atoms. The van der Waals surface area contributed by atoms with Crippen molar-refractivity contribution >= 4 is 28.2 Å². The number of fused-ring (bicyclic) bond motifs is 1. The van der Waals surface area contributed by atoms with E-state index in [2.05, 4.69) is 50.0 Å². The first-order valence-electron chi connectivity index (χ1n) is 9.85. The van der Waals surface area contributed by atoms with Crippen LogP contribution in [0.3, 0.4) is 0 Å². The summed E-state index contributed by atoms with van der Waals surface area (Å²) in [6.45, 7) is 5.32. The molecular weight excluding hydrogens is 362 g/mol. The van der Waals surface area contributed by atoms with Crippen LogP contribution in [-0.4, -0.2) is 28.1 Å². The molecule has 0 radical (unpaired) electrons. The average molecular weight is 387 g/mol. The smallest absolute Gasteiger partial charge is 0.136 e. The summed E-state index contributed by atoms with van der Waals surface area (Å²) in [5.74, 6) is 3.15. The molecule has 6 nitrogen and oxygen atoms in total. The molecule has 0 amide bonds. The molecule has 2 aromatic heterocycles. The molecule has 148 valence electrons. The number of H-pyrrole nitrogens is 1. The third kappa shape index (κ3) is 4.66. The SMILES string of the molecule is CCOc1ccc(Nc2cc(NCCc3c[nH]c4ccccc34)nc(C)n2)cc1. The zero-order valence-corrected chi connectivity index (χ0v) is 16.7. The van der Waals surface area contributed by atoms with Gasteiger partial charge >= 0.3 is 0 Å². The monoisotopic (exact) mass is 387 g/mol. The highest BCUT2D eigenvalue weighted by Gasteiger charge is 2.05. The molecule has 0 atom stereocenters. The number of aromatic nitrogens is 3. The summed E-state index contributed by atoms with van der Waals surface area (Å²) in [6.07, 6.45) is 2.99. The van der Waals surface area contributed by atoms with Crippen LogP contribution in [-0.2, 0) is 6.42 Å². The van der Waals surface area contributed by atoms with Crippen LogP contribution in [0, 0.1) is 6.92 Å². The second-order valence-electron chi connectivity index (χ2n) is 6.80. The molecule has 2 aromatic carbocycles. The third-order valence-corrected chi connectivity index (χ3v) is 4.65. The van der Waals surface area contributed by atoms with Gasteiger partial charge in [0.15, 0.2) is 0 Å². The number of nitrogens with zero attached hydrogens (tertiary/aromatic N) is 2. The molecule has 0 aliphatic carbocycles. The molecule has 29 heavy (non-hydrogen) atoms. The highest BCUT2D eigenvalue weighted by molar-refractivity contribution is 5.83. The largest absolute Gasteiger partial charge is 0.494 e. The van der Waals surface area contributed by atoms with Crippen molar-refractivity contribution in [3.05, 3.63) is 72.2 Å². The van der Waals surface area contributed by atoms with E-state index in [-0.39, 0.29) is 0 Å². The minimum absolute atomic E-state index is 0.658. The molecule has 6 heteroatoms. The van der Waals surface area contributed by atoms with Crippen molar-refractivity contribution < 1.29 is 4.74 Å². The van der Waals surface area contributed by atoms with Crippen LogP contribution in [0.4, 0.5) is 17.3 Å². The van der Waals surface area contributed by atoms with Gasteiger partial charge in [0.25, 0.3) is 0 Å². The molecule has 0 saturated carbocycles. The van der Waals surface area contributed by atoms with Crippen LogP contribution < -0.4 is 15.4 Å². The molecule has 0 aliphatic rings. The average Bonchev–Trinajstić information content (AvgIpc) is 3.13. The molecule has 2 heterocycles. The number of benzene rings is 2. The van der Waals surface area contributed by atoms with Crippen molar-refractivity contribution in [3.63, 3.8) is 0 Å². The zero-order chi connectivity index (χ0) is 20.1. The summed E-state index contributed by atoms with van der Waals surface area (Å²) in [5.41, 5.74) is 3.42. The van der Waals surface area contributed by atoms with Gasteiger partial charge in [-0.05, 0) is 56.2 Å². The summed E-state index contributed by atoms with van der Waals surface area (Å²) >= 11 is 0. The van der Waals surface area contributed by atoms with Crippen molar-refractivity contribution in [2.24, 2.45) is 0 Å². The molecule has 0 spiro atoms. The lowest BCUT2D eigenvalue weighted by atomic mass is 10.1. The first-order chi connectivity index (χ1) is 14.2. The maximum Gasteiger partial charge on any atom is 0.136 e. The van der Waals surface area contributed by atoms with Gasteiger partial charge in [0.1, 0.15) is 23.2 Å². The van der Waals surface area contributed by atoms with Gasteiger partial charge < -0.3 is 20.4 Å². The fourth-order valence-electron chi connectivity index (χ4n) is 3.34. The molecule has 0 saturated heterocycles. The summed E-state index contributed by atoms with van der Waals surface area (Å²) < 4.78 is 5.49. The highest BCUT2D eigenvalue weighted by Crippen LogP contribution is 2.21.